The molecule has 0 spiro atoms. The zero-order valence-electron chi connectivity index (χ0n) is 15.1. The first kappa shape index (κ1) is 17.7. The Kier molecular flexibility index (Phi) is 4.66. The zero-order chi connectivity index (χ0) is 19.0. The molecule has 1 heterocycles. The SMILES string of the molecule is CCOC(=O)c1cc(-c2ccc(C)c3ccccc23)nc2ccc(Br)cc12. The second-order valence-corrected chi connectivity index (χ2v) is 7.33. The Hall–Kier alpha value is -2.72. The van der Waals surface area contributed by atoms with Gasteiger partial charge in [0.25, 0.3) is 0 Å². The number of carbonyl (C=O) groups excluding carboxylic acids is 1. The van der Waals surface area contributed by atoms with E-state index in [9.17, 15) is 4.79 Å². The van der Waals surface area contributed by atoms with Crippen molar-refractivity contribution in [3.63, 3.8) is 0 Å². The fourth-order valence-corrected chi connectivity index (χ4v) is 3.75. The van der Waals surface area contributed by atoms with Crippen molar-refractivity contribution in [1.82, 2.24) is 4.98 Å². The van der Waals surface area contributed by atoms with Crippen molar-refractivity contribution < 1.29 is 9.53 Å². The summed E-state index contributed by atoms with van der Waals surface area (Å²) < 4.78 is 6.19. The summed E-state index contributed by atoms with van der Waals surface area (Å²) in [5.41, 5.74) is 4.28. The van der Waals surface area contributed by atoms with Crippen molar-refractivity contribution in [1.29, 1.82) is 0 Å². The van der Waals surface area contributed by atoms with E-state index in [1.54, 1.807) is 0 Å². The van der Waals surface area contributed by atoms with Crippen molar-refractivity contribution in [2.45, 2.75) is 13.8 Å². The van der Waals surface area contributed by atoms with Crippen LogP contribution in [0.3, 0.4) is 0 Å². The van der Waals surface area contributed by atoms with Gasteiger partial charge in [-0.2, -0.15) is 0 Å². The number of hydrogen-bond donors (Lipinski definition) is 0. The Bertz CT molecular complexity index is 1180. The predicted molar refractivity (Wildman–Crippen MR) is 113 cm³/mol. The number of rotatable bonds is 3. The molecule has 0 amide bonds. The van der Waals surface area contributed by atoms with E-state index >= 15 is 0 Å². The van der Waals surface area contributed by atoms with Gasteiger partial charge in [0, 0.05) is 15.4 Å². The van der Waals surface area contributed by atoms with E-state index in [1.165, 1.54) is 10.9 Å². The van der Waals surface area contributed by atoms with Crippen LogP contribution in [0.2, 0.25) is 0 Å². The van der Waals surface area contributed by atoms with Gasteiger partial charge in [0.1, 0.15) is 0 Å². The highest BCUT2D eigenvalue weighted by atomic mass is 79.9. The molecule has 4 heteroatoms. The molecule has 0 fully saturated rings. The molecule has 0 N–H and O–H groups in total. The van der Waals surface area contributed by atoms with Crippen LogP contribution in [0.4, 0.5) is 0 Å². The summed E-state index contributed by atoms with van der Waals surface area (Å²) in [5.74, 6) is -0.333. The Morgan fingerprint density at radius 1 is 1.00 bits per heavy atom. The number of benzene rings is 3. The minimum Gasteiger partial charge on any atom is -0.462 e. The minimum atomic E-state index is -0.333. The molecule has 0 atom stereocenters. The molecule has 1 aromatic heterocycles. The number of ether oxygens (including phenoxy) is 1. The molecule has 3 aromatic carbocycles. The van der Waals surface area contributed by atoms with Crippen LogP contribution in [0.25, 0.3) is 32.9 Å². The third-order valence-corrected chi connectivity index (χ3v) is 5.18. The summed E-state index contributed by atoms with van der Waals surface area (Å²) >= 11 is 3.48. The largest absolute Gasteiger partial charge is 0.462 e. The summed E-state index contributed by atoms with van der Waals surface area (Å²) in [5, 5.41) is 3.09. The maximum Gasteiger partial charge on any atom is 0.338 e. The molecule has 3 nitrogen and oxygen atoms in total. The standard InChI is InChI=1S/C23H18BrNO2/c1-3-27-23(26)20-13-22(25-21-11-9-15(24)12-19(20)21)18-10-8-14(2)16-6-4-5-7-17(16)18/h4-13H,3H2,1-2H3. The van der Waals surface area contributed by atoms with Crippen molar-refractivity contribution >= 4 is 43.6 Å². The maximum absolute atomic E-state index is 12.6. The van der Waals surface area contributed by atoms with Gasteiger partial charge in [-0.3, -0.25) is 0 Å². The number of esters is 1. The molecular formula is C23H18BrNO2. The van der Waals surface area contributed by atoms with Crippen LogP contribution in [0.5, 0.6) is 0 Å². The number of pyridine rings is 1. The molecule has 4 rings (SSSR count). The molecule has 0 bridgehead atoms. The van der Waals surface area contributed by atoms with E-state index < -0.39 is 0 Å². The minimum absolute atomic E-state index is 0.333. The summed E-state index contributed by atoms with van der Waals surface area (Å²) in [7, 11) is 0. The van der Waals surface area contributed by atoms with Gasteiger partial charge in [0.2, 0.25) is 0 Å². The molecule has 134 valence electrons. The fourth-order valence-electron chi connectivity index (χ4n) is 3.39. The number of fused-ring (bicyclic) bond motifs is 2. The van der Waals surface area contributed by atoms with Crippen LogP contribution < -0.4 is 0 Å². The van der Waals surface area contributed by atoms with Gasteiger partial charge >= 0.3 is 5.97 Å². The van der Waals surface area contributed by atoms with Gasteiger partial charge in [-0.25, -0.2) is 9.78 Å². The smallest absolute Gasteiger partial charge is 0.338 e. The van der Waals surface area contributed by atoms with Crippen LogP contribution in [0.15, 0.2) is 65.1 Å². The first-order chi connectivity index (χ1) is 13.1. The lowest BCUT2D eigenvalue weighted by Gasteiger charge is -2.12. The predicted octanol–water partition coefficient (Wildman–Crippen LogP) is 6.30. The van der Waals surface area contributed by atoms with Crippen molar-refractivity contribution in [3.05, 3.63) is 76.3 Å². The molecule has 0 aliphatic heterocycles. The average molecular weight is 420 g/mol. The Morgan fingerprint density at radius 3 is 2.56 bits per heavy atom. The van der Waals surface area contributed by atoms with Crippen LogP contribution in [-0.4, -0.2) is 17.6 Å². The quantitative estimate of drug-likeness (QED) is 0.365. The number of aromatic nitrogens is 1. The van der Waals surface area contributed by atoms with Crippen molar-refractivity contribution in [2.24, 2.45) is 0 Å². The Balaban J connectivity index is 2.02. The van der Waals surface area contributed by atoms with E-state index in [0.717, 1.165) is 32.0 Å². The summed E-state index contributed by atoms with van der Waals surface area (Å²) in [4.78, 5) is 17.4. The highest BCUT2D eigenvalue weighted by Gasteiger charge is 2.16. The van der Waals surface area contributed by atoms with Gasteiger partial charge in [-0.1, -0.05) is 52.3 Å². The van der Waals surface area contributed by atoms with Crippen molar-refractivity contribution in [3.8, 4) is 11.3 Å². The fraction of sp³-hybridized carbons (Fsp3) is 0.130. The van der Waals surface area contributed by atoms with Gasteiger partial charge in [0.15, 0.2) is 0 Å². The lowest BCUT2D eigenvalue weighted by molar-refractivity contribution is 0.0528. The number of nitrogens with zero attached hydrogens (tertiary/aromatic N) is 1. The van der Waals surface area contributed by atoms with E-state index in [-0.39, 0.29) is 5.97 Å². The van der Waals surface area contributed by atoms with E-state index in [4.69, 9.17) is 9.72 Å². The van der Waals surface area contributed by atoms with Crippen LogP contribution >= 0.6 is 15.9 Å². The second kappa shape index (κ2) is 7.12. The lowest BCUT2D eigenvalue weighted by Crippen LogP contribution is -2.06. The van der Waals surface area contributed by atoms with Crippen LogP contribution in [0, 0.1) is 6.92 Å². The van der Waals surface area contributed by atoms with Gasteiger partial charge < -0.3 is 4.74 Å². The van der Waals surface area contributed by atoms with E-state index in [2.05, 4.69) is 47.1 Å². The zero-order valence-corrected chi connectivity index (χ0v) is 16.7. The third kappa shape index (κ3) is 3.21. The molecule has 27 heavy (non-hydrogen) atoms. The topological polar surface area (TPSA) is 39.2 Å². The average Bonchev–Trinajstić information content (AvgIpc) is 2.68. The number of halogens is 1. The maximum atomic E-state index is 12.6. The molecule has 0 aliphatic carbocycles. The Morgan fingerprint density at radius 2 is 1.78 bits per heavy atom. The monoisotopic (exact) mass is 419 g/mol. The van der Waals surface area contributed by atoms with E-state index in [1.807, 2.05) is 43.3 Å². The Labute approximate surface area is 166 Å². The molecule has 0 saturated carbocycles. The third-order valence-electron chi connectivity index (χ3n) is 4.68. The molecular weight excluding hydrogens is 402 g/mol. The van der Waals surface area contributed by atoms with Gasteiger partial charge in [-0.15, -0.1) is 0 Å². The highest BCUT2D eigenvalue weighted by molar-refractivity contribution is 9.10. The van der Waals surface area contributed by atoms with Gasteiger partial charge in [-0.05, 0) is 54.4 Å². The van der Waals surface area contributed by atoms with Gasteiger partial charge in [0.05, 0.1) is 23.4 Å². The first-order valence-corrected chi connectivity index (χ1v) is 9.64. The normalized spacial score (nSPS) is 11.1. The van der Waals surface area contributed by atoms with Crippen molar-refractivity contribution in [2.75, 3.05) is 6.61 Å². The lowest BCUT2D eigenvalue weighted by atomic mass is 9.96. The first-order valence-electron chi connectivity index (χ1n) is 8.84. The molecule has 0 saturated heterocycles. The second-order valence-electron chi connectivity index (χ2n) is 6.41. The molecule has 4 aromatic rings. The number of aryl methyl sites for hydroxylation is 1. The summed E-state index contributed by atoms with van der Waals surface area (Å²) in [6.07, 6.45) is 0. The molecule has 0 unspecified atom stereocenters. The summed E-state index contributed by atoms with van der Waals surface area (Å²) in [6, 6.07) is 20.0. The van der Waals surface area contributed by atoms with Crippen LogP contribution in [-0.2, 0) is 4.74 Å². The summed E-state index contributed by atoms with van der Waals surface area (Å²) in [6.45, 7) is 4.24. The molecule has 0 radical (unpaired) electrons. The van der Waals surface area contributed by atoms with Crippen LogP contribution in [0.1, 0.15) is 22.8 Å². The molecule has 0 aliphatic rings. The number of hydrogen-bond acceptors (Lipinski definition) is 3. The van der Waals surface area contributed by atoms with E-state index in [0.29, 0.717) is 12.2 Å². The number of carbonyl (C=O) groups is 1. The highest BCUT2D eigenvalue weighted by Crippen LogP contribution is 2.33.